The molecule has 1 N–H and O–H groups in total. The minimum absolute atomic E-state index is 0.163. The number of rotatable bonds is 6. The van der Waals surface area contributed by atoms with Gasteiger partial charge in [-0.15, -0.1) is 0 Å². The number of benzene rings is 1. The molecule has 1 heterocycles. The normalized spacial score (nSPS) is 23.9. The summed E-state index contributed by atoms with van der Waals surface area (Å²) in [5, 5.41) is 9.44. The first kappa shape index (κ1) is 18.7. The van der Waals surface area contributed by atoms with Gasteiger partial charge in [0.05, 0.1) is 0 Å². The Morgan fingerprint density at radius 1 is 1.04 bits per heavy atom. The molecule has 1 aliphatic carbocycles. The first-order chi connectivity index (χ1) is 12.2. The molecule has 2 fully saturated rings. The van der Waals surface area contributed by atoms with Gasteiger partial charge in [0.1, 0.15) is 0 Å². The van der Waals surface area contributed by atoms with Crippen molar-refractivity contribution in [1.82, 2.24) is 9.80 Å². The minimum atomic E-state index is -0.798. The molecule has 0 spiro atoms. The van der Waals surface area contributed by atoms with Crippen LogP contribution >= 0.6 is 0 Å². The van der Waals surface area contributed by atoms with Gasteiger partial charge in [-0.25, -0.2) is 8.78 Å². The molecule has 1 aromatic rings. The number of halogens is 2. The molecule has 1 saturated carbocycles. The predicted octanol–water partition coefficient (Wildman–Crippen LogP) is 3.41. The number of hydrogen-bond acceptors (Lipinski definition) is 3. The fourth-order valence-electron chi connectivity index (χ4n) is 4.36. The van der Waals surface area contributed by atoms with Crippen LogP contribution in [-0.2, 0) is 6.54 Å². The van der Waals surface area contributed by atoms with Gasteiger partial charge in [0.15, 0.2) is 11.6 Å². The summed E-state index contributed by atoms with van der Waals surface area (Å²) in [4.78, 5) is 4.85. The Morgan fingerprint density at radius 3 is 2.56 bits per heavy atom. The quantitative estimate of drug-likeness (QED) is 0.850. The third-order valence-corrected chi connectivity index (χ3v) is 5.76. The molecule has 3 nitrogen and oxygen atoms in total. The summed E-state index contributed by atoms with van der Waals surface area (Å²) >= 11 is 0. The van der Waals surface area contributed by atoms with E-state index >= 15 is 0 Å². The molecule has 0 radical (unpaired) electrons. The molecule has 0 bridgehead atoms. The van der Waals surface area contributed by atoms with Crippen LogP contribution in [0, 0.1) is 17.6 Å². The average molecular weight is 352 g/mol. The van der Waals surface area contributed by atoms with Crippen LogP contribution in [0.5, 0.6) is 0 Å². The summed E-state index contributed by atoms with van der Waals surface area (Å²) < 4.78 is 26.6. The lowest BCUT2D eigenvalue weighted by Gasteiger charge is -2.43. The van der Waals surface area contributed by atoms with E-state index in [1.807, 2.05) is 0 Å². The maximum atomic E-state index is 13.5. The van der Waals surface area contributed by atoms with Gasteiger partial charge in [0, 0.05) is 45.4 Å². The van der Waals surface area contributed by atoms with E-state index in [-0.39, 0.29) is 12.6 Å². The van der Waals surface area contributed by atoms with Crippen LogP contribution < -0.4 is 0 Å². The summed E-state index contributed by atoms with van der Waals surface area (Å²) in [6.45, 7) is 4.83. The minimum Gasteiger partial charge on any atom is -0.396 e. The smallest absolute Gasteiger partial charge is 0.159 e. The molecule has 140 valence electrons. The molecule has 3 rings (SSSR count). The first-order valence-electron chi connectivity index (χ1n) is 9.67. The molecule has 0 aromatic heterocycles. The van der Waals surface area contributed by atoms with E-state index in [0.717, 1.165) is 37.5 Å². The topological polar surface area (TPSA) is 26.7 Å². The highest BCUT2D eigenvalue weighted by Crippen LogP contribution is 2.26. The highest BCUT2D eigenvalue weighted by Gasteiger charge is 2.28. The maximum absolute atomic E-state index is 13.5. The Balaban J connectivity index is 1.57. The number of aliphatic hydroxyl groups is 1. The number of aliphatic hydroxyl groups excluding tert-OH is 1. The van der Waals surface area contributed by atoms with Crippen molar-refractivity contribution in [2.45, 2.75) is 51.1 Å². The van der Waals surface area contributed by atoms with Crippen LogP contribution in [0.2, 0.25) is 0 Å². The van der Waals surface area contributed by atoms with Crippen molar-refractivity contribution < 1.29 is 13.9 Å². The van der Waals surface area contributed by atoms with Gasteiger partial charge in [-0.05, 0) is 42.9 Å². The van der Waals surface area contributed by atoms with Gasteiger partial charge in [-0.3, -0.25) is 4.90 Å². The Kier molecular flexibility index (Phi) is 6.79. The molecule has 5 heteroatoms. The van der Waals surface area contributed by atoms with E-state index in [2.05, 4.69) is 9.80 Å². The lowest BCUT2D eigenvalue weighted by Crippen LogP contribution is -2.53. The average Bonchev–Trinajstić information content (AvgIpc) is 2.61. The van der Waals surface area contributed by atoms with Crippen molar-refractivity contribution in [3.8, 4) is 0 Å². The zero-order valence-corrected chi connectivity index (χ0v) is 15.0. The molecule has 0 amide bonds. The molecule has 1 atom stereocenters. The third kappa shape index (κ3) is 5.22. The zero-order chi connectivity index (χ0) is 17.6. The monoisotopic (exact) mass is 352 g/mol. The largest absolute Gasteiger partial charge is 0.396 e. The Morgan fingerprint density at radius 2 is 1.84 bits per heavy atom. The molecule has 1 aromatic carbocycles. The van der Waals surface area contributed by atoms with E-state index in [1.54, 1.807) is 6.07 Å². The van der Waals surface area contributed by atoms with Crippen LogP contribution in [0.3, 0.4) is 0 Å². The van der Waals surface area contributed by atoms with Gasteiger partial charge in [-0.1, -0.05) is 25.3 Å². The predicted molar refractivity (Wildman–Crippen MR) is 95.3 cm³/mol. The van der Waals surface area contributed by atoms with E-state index in [9.17, 15) is 13.9 Å². The molecule has 1 unspecified atom stereocenters. The third-order valence-electron chi connectivity index (χ3n) is 5.76. The van der Waals surface area contributed by atoms with E-state index in [1.165, 1.54) is 50.8 Å². The molecule has 1 aliphatic heterocycles. The van der Waals surface area contributed by atoms with E-state index in [4.69, 9.17) is 0 Å². The summed E-state index contributed by atoms with van der Waals surface area (Å²) in [5.41, 5.74) is 0.794. The van der Waals surface area contributed by atoms with Crippen molar-refractivity contribution in [3.05, 3.63) is 35.4 Å². The SMILES string of the molecule is OCCC1CN(CC2CCCCC2)CCN1Cc1ccc(F)c(F)c1. The molecular formula is C20H30F2N2O. The van der Waals surface area contributed by atoms with Crippen LogP contribution in [0.4, 0.5) is 8.78 Å². The van der Waals surface area contributed by atoms with Crippen molar-refractivity contribution in [2.24, 2.45) is 5.92 Å². The van der Waals surface area contributed by atoms with Gasteiger partial charge < -0.3 is 10.0 Å². The summed E-state index contributed by atoms with van der Waals surface area (Å²) in [7, 11) is 0. The van der Waals surface area contributed by atoms with E-state index in [0.29, 0.717) is 6.54 Å². The first-order valence-corrected chi connectivity index (χ1v) is 9.67. The molecule has 1 saturated heterocycles. The molecule has 2 aliphatic rings. The van der Waals surface area contributed by atoms with Gasteiger partial charge >= 0.3 is 0 Å². The highest BCUT2D eigenvalue weighted by molar-refractivity contribution is 5.18. The Labute approximate surface area is 149 Å². The zero-order valence-electron chi connectivity index (χ0n) is 15.0. The lowest BCUT2D eigenvalue weighted by atomic mass is 9.88. The van der Waals surface area contributed by atoms with Crippen molar-refractivity contribution >= 4 is 0 Å². The van der Waals surface area contributed by atoms with Crippen LogP contribution in [0.1, 0.15) is 44.1 Å². The fourth-order valence-corrected chi connectivity index (χ4v) is 4.36. The highest BCUT2D eigenvalue weighted by atomic mass is 19.2. The maximum Gasteiger partial charge on any atom is 0.159 e. The molecule has 25 heavy (non-hydrogen) atoms. The van der Waals surface area contributed by atoms with Gasteiger partial charge in [0.2, 0.25) is 0 Å². The second-order valence-corrected chi connectivity index (χ2v) is 7.65. The summed E-state index contributed by atoms with van der Waals surface area (Å²) in [6.07, 6.45) is 7.53. The second-order valence-electron chi connectivity index (χ2n) is 7.65. The Bertz CT molecular complexity index is 548. The van der Waals surface area contributed by atoms with Crippen LogP contribution in [0.15, 0.2) is 18.2 Å². The van der Waals surface area contributed by atoms with Crippen LogP contribution in [-0.4, -0.2) is 53.7 Å². The van der Waals surface area contributed by atoms with Gasteiger partial charge in [-0.2, -0.15) is 0 Å². The Hall–Kier alpha value is -1.04. The lowest BCUT2D eigenvalue weighted by molar-refractivity contribution is 0.0426. The van der Waals surface area contributed by atoms with Crippen molar-refractivity contribution in [2.75, 3.05) is 32.8 Å². The van der Waals surface area contributed by atoms with Gasteiger partial charge in [0.25, 0.3) is 0 Å². The van der Waals surface area contributed by atoms with Crippen molar-refractivity contribution in [3.63, 3.8) is 0 Å². The van der Waals surface area contributed by atoms with Crippen molar-refractivity contribution in [1.29, 1.82) is 0 Å². The second kappa shape index (κ2) is 9.06. The number of hydrogen-bond donors (Lipinski definition) is 1. The number of nitrogens with zero attached hydrogens (tertiary/aromatic N) is 2. The summed E-state index contributed by atoms with van der Waals surface area (Å²) in [5.74, 6) is -0.763. The standard InChI is InChI=1S/C20H30F2N2O/c21-19-7-6-17(12-20(19)22)14-24-10-9-23(15-18(24)8-11-25)13-16-4-2-1-3-5-16/h6-7,12,16,18,25H,1-5,8-11,13-15H2. The molecular weight excluding hydrogens is 322 g/mol. The van der Waals surface area contributed by atoms with E-state index < -0.39 is 11.6 Å². The number of piperazine rings is 1. The van der Waals surface area contributed by atoms with Crippen LogP contribution in [0.25, 0.3) is 0 Å². The summed E-state index contributed by atoms with van der Waals surface area (Å²) in [6, 6.07) is 4.42. The fraction of sp³-hybridized carbons (Fsp3) is 0.700.